The Morgan fingerprint density at radius 1 is 1.17 bits per heavy atom. The van der Waals surface area contributed by atoms with Gasteiger partial charge < -0.3 is 15.2 Å². The number of hydrogen-bond donors (Lipinski definition) is 2. The highest BCUT2D eigenvalue weighted by molar-refractivity contribution is 5.84. The molecule has 1 atom stereocenters. The molecule has 0 radical (unpaired) electrons. The average Bonchev–Trinajstić information content (AvgIpc) is 2.71. The molecule has 1 unspecified atom stereocenters. The third kappa shape index (κ3) is 5.41. The third-order valence-electron chi connectivity index (χ3n) is 5.39. The number of pyridine rings is 1. The van der Waals surface area contributed by atoms with Crippen molar-refractivity contribution in [3.8, 4) is 11.1 Å². The van der Waals surface area contributed by atoms with Gasteiger partial charge in [0.25, 0.3) is 0 Å². The molecule has 0 bridgehead atoms. The van der Waals surface area contributed by atoms with Crippen LogP contribution < -0.4 is 10.9 Å². The summed E-state index contributed by atoms with van der Waals surface area (Å²) in [6.07, 6.45) is 4.10. The van der Waals surface area contributed by atoms with Crippen LogP contribution in [0.2, 0.25) is 0 Å². The van der Waals surface area contributed by atoms with Gasteiger partial charge in [0, 0.05) is 34.9 Å². The second-order valence-corrected chi connectivity index (χ2v) is 7.54. The van der Waals surface area contributed by atoms with Crippen molar-refractivity contribution in [3.05, 3.63) is 52.6 Å². The van der Waals surface area contributed by atoms with Crippen LogP contribution in [0.3, 0.4) is 0 Å². The summed E-state index contributed by atoms with van der Waals surface area (Å²) in [5.74, 6) is 0.667. The van der Waals surface area contributed by atoms with Crippen molar-refractivity contribution in [2.24, 2.45) is 0 Å². The van der Waals surface area contributed by atoms with Gasteiger partial charge >= 0.3 is 0 Å². The maximum absolute atomic E-state index is 11.5. The summed E-state index contributed by atoms with van der Waals surface area (Å²) in [7, 11) is 0. The molecular weight excluding hydrogens is 362 g/mol. The van der Waals surface area contributed by atoms with E-state index in [1.54, 1.807) is 6.07 Å². The van der Waals surface area contributed by atoms with Crippen molar-refractivity contribution >= 4 is 16.9 Å². The normalized spacial score (nSPS) is 12.4. The van der Waals surface area contributed by atoms with Gasteiger partial charge in [-0.1, -0.05) is 19.9 Å². The number of nitrogens with one attached hydrogen (secondary N) is 2. The van der Waals surface area contributed by atoms with Crippen molar-refractivity contribution in [1.82, 2.24) is 19.9 Å². The number of aromatic amines is 1. The van der Waals surface area contributed by atoms with Gasteiger partial charge in [-0.15, -0.1) is 0 Å². The highest BCUT2D eigenvalue weighted by Gasteiger charge is 2.08. The predicted molar refractivity (Wildman–Crippen MR) is 120 cm³/mol. The minimum absolute atomic E-state index is 0.0858. The monoisotopic (exact) mass is 393 g/mol. The van der Waals surface area contributed by atoms with Crippen molar-refractivity contribution in [3.63, 3.8) is 0 Å². The molecule has 0 fully saturated rings. The lowest BCUT2D eigenvalue weighted by Gasteiger charge is -2.19. The molecule has 6 nitrogen and oxygen atoms in total. The van der Waals surface area contributed by atoms with Crippen LogP contribution in [0.25, 0.3) is 22.0 Å². The lowest BCUT2D eigenvalue weighted by atomic mass is 10.0. The molecule has 2 N–H and O–H groups in total. The van der Waals surface area contributed by atoms with E-state index in [4.69, 9.17) is 0 Å². The minimum Gasteiger partial charge on any atom is -0.352 e. The van der Waals surface area contributed by atoms with E-state index in [-0.39, 0.29) is 5.56 Å². The molecule has 29 heavy (non-hydrogen) atoms. The first kappa shape index (κ1) is 21.0. The summed E-state index contributed by atoms with van der Waals surface area (Å²) in [5, 5.41) is 4.40. The molecule has 0 aliphatic carbocycles. The largest absolute Gasteiger partial charge is 0.352 e. The smallest absolute Gasteiger partial charge is 0.248 e. The van der Waals surface area contributed by atoms with E-state index >= 15 is 0 Å². The molecular formula is C23H31N5O. The van der Waals surface area contributed by atoms with Crippen molar-refractivity contribution in [1.29, 1.82) is 0 Å². The summed E-state index contributed by atoms with van der Waals surface area (Å²) in [6.45, 7) is 11.8. The topological polar surface area (TPSA) is 73.9 Å². The summed E-state index contributed by atoms with van der Waals surface area (Å²) >= 11 is 0. The molecule has 0 aliphatic rings. The Morgan fingerprint density at radius 3 is 2.69 bits per heavy atom. The van der Waals surface area contributed by atoms with Crippen LogP contribution in [0.1, 0.15) is 39.3 Å². The van der Waals surface area contributed by atoms with Gasteiger partial charge in [0.1, 0.15) is 0 Å². The first-order chi connectivity index (χ1) is 14.0. The Labute approximate surface area is 172 Å². The maximum Gasteiger partial charge on any atom is 0.248 e. The van der Waals surface area contributed by atoms with Gasteiger partial charge in [0.2, 0.25) is 11.5 Å². The zero-order valence-electron chi connectivity index (χ0n) is 17.8. The Kier molecular flexibility index (Phi) is 6.99. The third-order valence-corrected chi connectivity index (χ3v) is 5.39. The second kappa shape index (κ2) is 9.65. The summed E-state index contributed by atoms with van der Waals surface area (Å²) in [6, 6.07) is 9.84. The molecule has 2 aromatic heterocycles. The second-order valence-electron chi connectivity index (χ2n) is 7.54. The molecule has 3 rings (SSSR count). The average molecular weight is 394 g/mol. The van der Waals surface area contributed by atoms with Gasteiger partial charge in [-0.05, 0) is 70.1 Å². The number of benzene rings is 1. The predicted octanol–water partition coefficient (Wildman–Crippen LogP) is 4.22. The highest BCUT2D eigenvalue weighted by atomic mass is 16.1. The van der Waals surface area contributed by atoms with Gasteiger partial charge in [0.05, 0.1) is 5.52 Å². The quantitative estimate of drug-likeness (QED) is 0.569. The van der Waals surface area contributed by atoms with Crippen molar-refractivity contribution in [2.45, 2.75) is 46.6 Å². The zero-order chi connectivity index (χ0) is 20.8. The van der Waals surface area contributed by atoms with E-state index in [1.807, 2.05) is 31.3 Å². The number of nitrogens with zero attached hydrogens (tertiary/aromatic N) is 3. The Hall–Kier alpha value is -2.73. The van der Waals surface area contributed by atoms with Gasteiger partial charge in [-0.25, -0.2) is 9.97 Å². The Balaban J connectivity index is 1.68. The molecule has 0 spiro atoms. The van der Waals surface area contributed by atoms with Crippen LogP contribution in [-0.4, -0.2) is 45.5 Å². The van der Waals surface area contributed by atoms with Gasteiger partial charge in [-0.2, -0.15) is 0 Å². The van der Waals surface area contributed by atoms with Crippen LogP contribution in [0.5, 0.6) is 0 Å². The van der Waals surface area contributed by atoms with Crippen LogP contribution >= 0.6 is 0 Å². The summed E-state index contributed by atoms with van der Waals surface area (Å²) in [4.78, 5) is 25.9. The fraction of sp³-hybridized carbons (Fsp3) is 0.435. The molecule has 154 valence electrons. The SMILES string of the molecule is CCN(CC)CCCC(C)Nc1ncc2cc(-c3ccc(=O)[nH]c3C)ccc2n1. The lowest BCUT2D eigenvalue weighted by molar-refractivity contribution is 0.295. The van der Waals surface area contributed by atoms with Crippen molar-refractivity contribution < 1.29 is 0 Å². The molecule has 0 saturated heterocycles. The molecule has 6 heteroatoms. The molecule has 0 saturated carbocycles. The van der Waals surface area contributed by atoms with Gasteiger partial charge in [0.15, 0.2) is 0 Å². The van der Waals surface area contributed by atoms with Crippen LogP contribution in [-0.2, 0) is 0 Å². The molecule has 0 aliphatic heterocycles. The number of aromatic nitrogens is 3. The highest BCUT2D eigenvalue weighted by Crippen LogP contribution is 2.25. The number of anilines is 1. The van der Waals surface area contributed by atoms with E-state index in [0.717, 1.165) is 60.2 Å². The fourth-order valence-electron chi connectivity index (χ4n) is 3.61. The van der Waals surface area contributed by atoms with Gasteiger partial charge in [-0.3, -0.25) is 4.79 Å². The van der Waals surface area contributed by atoms with E-state index in [9.17, 15) is 4.79 Å². The van der Waals surface area contributed by atoms with E-state index < -0.39 is 0 Å². The molecule has 1 aromatic carbocycles. The number of fused-ring (bicyclic) bond motifs is 1. The Bertz CT molecular complexity index is 1010. The number of H-pyrrole nitrogens is 1. The lowest BCUT2D eigenvalue weighted by Crippen LogP contribution is -2.25. The van der Waals surface area contributed by atoms with E-state index in [2.05, 4.69) is 52.0 Å². The minimum atomic E-state index is -0.0858. The number of aryl methyl sites for hydroxylation is 1. The Morgan fingerprint density at radius 2 is 1.97 bits per heavy atom. The molecule has 0 amide bonds. The van der Waals surface area contributed by atoms with Crippen molar-refractivity contribution in [2.75, 3.05) is 25.0 Å². The summed E-state index contributed by atoms with van der Waals surface area (Å²) < 4.78 is 0. The fourth-order valence-corrected chi connectivity index (χ4v) is 3.61. The van der Waals surface area contributed by atoms with E-state index in [1.165, 1.54) is 0 Å². The van der Waals surface area contributed by atoms with E-state index in [0.29, 0.717) is 12.0 Å². The number of rotatable bonds is 9. The van der Waals surface area contributed by atoms with Crippen LogP contribution in [0, 0.1) is 6.92 Å². The zero-order valence-corrected chi connectivity index (χ0v) is 17.8. The van der Waals surface area contributed by atoms with Crippen LogP contribution in [0.15, 0.2) is 41.3 Å². The standard InChI is InChI=1S/C23H31N5O/c1-5-28(6-2)13-7-8-16(3)25-23-24-15-19-14-18(9-11-21(19)27-23)20-10-12-22(29)26-17(20)4/h9-12,14-16H,5-8,13H2,1-4H3,(H,26,29)(H,24,25,27). The first-order valence-electron chi connectivity index (χ1n) is 10.5. The van der Waals surface area contributed by atoms with Crippen LogP contribution in [0.4, 0.5) is 5.95 Å². The maximum atomic E-state index is 11.5. The molecule has 2 heterocycles. The first-order valence-corrected chi connectivity index (χ1v) is 10.5. The summed E-state index contributed by atoms with van der Waals surface area (Å²) in [5.41, 5.74) is 3.73. The number of hydrogen-bond acceptors (Lipinski definition) is 5. The molecule has 3 aromatic rings.